The van der Waals surface area contributed by atoms with E-state index in [4.69, 9.17) is 23.2 Å². The molecule has 2 heterocycles. The van der Waals surface area contributed by atoms with E-state index in [9.17, 15) is 19.2 Å². The van der Waals surface area contributed by atoms with E-state index < -0.39 is 28.7 Å². The average Bonchev–Trinajstić information content (AvgIpc) is 2.81. The molecule has 1 fully saturated rings. The van der Waals surface area contributed by atoms with Crippen LogP contribution in [0.1, 0.15) is 18.2 Å². The molecule has 1 atom stereocenters. The lowest BCUT2D eigenvalue weighted by molar-refractivity contribution is -0.131. The summed E-state index contributed by atoms with van der Waals surface area (Å²) in [5, 5.41) is 3.26. The highest BCUT2D eigenvalue weighted by atomic mass is 35.5. The topological polar surface area (TPSA) is 93.4 Å². The Labute approximate surface area is 163 Å². The number of hydrogen-bond acceptors (Lipinski definition) is 4. The van der Waals surface area contributed by atoms with E-state index in [0.717, 1.165) is 9.47 Å². The van der Waals surface area contributed by atoms with Crippen molar-refractivity contribution in [3.05, 3.63) is 66.4 Å². The standard InChI is InChI=1S/C17H16Cl2N4O4/c1-17(11-5-4-9(18)6-12(11)19)14(25)23(15(26)20-17)8-10-7-13(24)22(3)16(27)21(10)2/h4-7H,8H2,1-3H3,(H,20,26). The van der Waals surface area contributed by atoms with Crippen molar-refractivity contribution in [2.45, 2.75) is 19.0 Å². The van der Waals surface area contributed by atoms with Gasteiger partial charge >= 0.3 is 11.7 Å². The number of carbonyl (C=O) groups is 2. The summed E-state index contributed by atoms with van der Waals surface area (Å²) in [5.41, 5.74) is -1.83. The second kappa shape index (κ2) is 6.54. The number of amides is 3. The summed E-state index contributed by atoms with van der Waals surface area (Å²) in [4.78, 5) is 50.4. The number of imide groups is 1. The summed E-state index contributed by atoms with van der Waals surface area (Å²) in [6.45, 7) is 1.30. The second-order valence-electron chi connectivity index (χ2n) is 6.45. The molecule has 3 rings (SSSR count). The van der Waals surface area contributed by atoms with E-state index in [-0.39, 0.29) is 17.3 Å². The van der Waals surface area contributed by atoms with Gasteiger partial charge in [-0.15, -0.1) is 0 Å². The molecule has 0 aliphatic carbocycles. The van der Waals surface area contributed by atoms with Crippen LogP contribution in [0.4, 0.5) is 4.79 Å². The molecule has 3 amide bonds. The summed E-state index contributed by atoms with van der Waals surface area (Å²) in [6.07, 6.45) is 0. The Balaban J connectivity index is 2.00. The Morgan fingerprint density at radius 3 is 2.33 bits per heavy atom. The van der Waals surface area contributed by atoms with Gasteiger partial charge in [0.15, 0.2) is 0 Å². The number of rotatable bonds is 3. The van der Waals surface area contributed by atoms with E-state index in [0.29, 0.717) is 10.6 Å². The van der Waals surface area contributed by atoms with Gasteiger partial charge in [-0.1, -0.05) is 29.3 Å². The minimum atomic E-state index is -1.39. The van der Waals surface area contributed by atoms with Crippen molar-refractivity contribution < 1.29 is 9.59 Å². The lowest BCUT2D eigenvalue weighted by atomic mass is 9.92. The zero-order valence-electron chi connectivity index (χ0n) is 14.7. The fraction of sp³-hybridized carbons (Fsp3) is 0.294. The van der Waals surface area contributed by atoms with E-state index in [1.54, 1.807) is 12.1 Å². The smallest absolute Gasteiger partial charge is 0.319 e. The van der Waals surface area contributed by atoms with E-state index in [1.165, 1.54) is 37.7 Å². The zero-order chi connectivity index (χ0) is 20.1. The molecular formula is C17H16Cl2N4O4. The molecule has 1 unspecified atom stereocenters. The Morgan fingerprint density at radius 1 is 1.04 bits per heavy atom. The molecule has 1 aromatic carbocycles. The molecule has 1 aliphatic rings. The Bertz CT molecular complexity index is 1090. The Kier molecular flexibility index (Phi) is 4.65. The number of aromatic nitrogens is 2. The van der Waals surface area contributed by atoms with Crippen molar-refractivity contribution in [1.82, 2.24) is 19.4 Å². The minimum Gasteiger partial charge on any atom is -0.319 e. The maximum Gasteiger partial charge on any atom is 0.330 e. The summed E-state index contributed by atoms with van der Waals surface area (Å²) in [5.74, 6) is -0.551. The number of hydrogen-bond donors (Lipinski definition) is 1. The van der Waals surface area contributed by atoms with Crippen LogP contribution < -0.4 is 16.6 Å². The third-order valence-corrected chi connectivity index (χ3v) is 5.24. The lowest BCUT2D eigenvalue weighted by Crippen LogP contribution is -2.42. The first-order valence-corrected chi connectivity index (χ1v) is 8.67. The Morgan fingerprint density at radius 2 is 1.70 bits per heavy atom. The fourth-order valence-corrected chi connectivity index (χ4v) is 3.61. The molecule has 1 saturated heterocycles. The SMILES string of the molecule is Cn1c(CN2C(=O)NC(C)(c3ccc(Cl)cc3Cl)C2=O)cc(=O)n(C)c1=O. The monoisotopic (exact) mass is 410 g/mol. The van der Waals surface area contributed by atoms with Gasteiger partial charge in [0.1, 0.15) is 5.54 Å². The first-order chi connectivity index (χ1) is 12.6. The van der Waals surface area contributed by atoms with Gasteiger partial charge in [0.2, 0.25) is 0 Å². The van der Waals surface area contributed by atoms with Crippen molar-refractivity contribution in [3.63, 3.8) is 0 Å². The molecule has 10 heteroatoms. The number of halogens is 2. The van der Waals surface area contributed by atoms with Gasteiger partial charge in [0.25, 0.3) is 11.5 Å². The predicted molar refractivity (Wildman–Crippen MR) is 99.8 cm³/mol. The molecular weight excluding hydrogens is 395 g/mol. The van der Waals surface area contributed by atoms with Crippen LogP contribution in [0.25, 0.3) is 0 Å². The van der Waals surface area contributed by atoms with Crippen LogP contribution in [0.3, 0.4) is 0 Å². The van der Waals surface area contributed by atoms with Gasteiger partial charge < -0.3 is 5.32 Å². The van der Waals surface area contributed by atoms with Crippen LogP contribution in [0, 0.1) is 0 Å². The minimum absolute atomic E-state index is 0.229. The van der Waals surface area contributed by atoms with Crippen LogP contribution in [0.5, 0.6) is 0 Å². The summed E-state index contributed by atoms with van der Waals surface area (Å²) >= 11 is 12.1. The van der Waals surface area contributed by atoms with Crippen molar-refractivity contribution >= 4 is 35.1 Å². The molecule has 0 spiro atoms. The highest BCUT2D eigenvalue weighted by Crippen LogP contribution is 2.35. The third kappa shape index (κ3) is 3.04. The molecule has 1 aromatic heterocycles. The normalized spacial score (nSPS) is 19.5. The summed E-state index contributed by atoms with van der Waals surface area (Å²) < 4.78 is 2.15. The van der Waals surface area contributed by atoms with Gasteiger partial charge in [-0.2, -0.15) is 0 Å². The molecule has 0 radical (unpaired) electrons. The maximum absolute atomic E-state index is 13.0. The van der Waals surface area contributed by atoms with E-state index in [2.05, 4.69) is 5.32 Å². The largest absolute Gasteiger partial charge is 0.330 e. The van der Waals surface area contributed by atoms with Gasteiger partial charge in [-0.05, 0) is 19.1 Å². The maximum atomic E-state index is 13.0. The van der Waals surface area contributed by atoms with Crippen LogP contribution >= 0.6 is 23.2 Å². The van der Waals surface area contributed by atoms with Gasteiger partial charge in [0.05, 0.1) is 6.54 Å². The van der Waals surface area contributed by atoms with Crippen molar-refractivity contribution in [3.8, 4) is 0 Å². The van der Waals surface area contributed by atoms with E-state index in [1.807, 2.05) is 0 Å². The van der Waals surface area contributed by atoms with Crippen LogP contribution in [-0.2, 0) is 31.0 Å². The average molecular weight is 411 g/mol. The lowest BCUT2D eigenvalue weighted by Gasteiger charge is -2.23. The summed E-state index contributed by atoms with van der Waals surface area (Å²) in [6, 6.07) is 5.19. The molecule has 142 valence electrons. The van der Waals surface area contributed by atoms with Crippen molar-refractivity contribution in [1.29, 1.82) is 0 Å². The third-order valence-electron chi connectivity index (χ3n) is 4.69. The molecule has 8 nitrogen and oxygen atoms in total. The number of nitrogens with one attached hydrogen (secondary N) is 1. The molecule has 0 saturated carbocycles. The quantitative estimate of drug-likeness (QED) is 0.772. The highest BCUT2D eigenvalue weighted by molar-refractivity contribution is 6.35. The predicted octanol–water partition coefficient (Wildman–Crippen LogP) is 1.36. The van der Waals surface area contributed by atoms with Gasteiger partial charge in [-0.25, -0.2) is 9.59 Å². The molecule has 27 heavy (non-hydrogen) atoms. The summed E-state index contributed by atoms with van der Waals surface area (Å²) in [7, 11) is 2.81. The van der Waals surface area contributed by atoms with Gasteiger partial charge in [-0.3, -0.25) is 23.6 Å². The second-order valence-corrected chi connectivity index (χ2v) is 7.29. The van der Waals surface area contributed by atoms with Crippen molar-refractivity contribution in [2.75, 3.05) is 0 Å². The van der Waals surface area contributed by atoms with Crippen molar-refractivity contribution in [2.24, 2.45) is 14.1 Å². The molecule has 2 aromatic rings. The number of nitrogens with zero attached hydrogens (tertiary/aromatic N) is 3. The van der Waals surface area contributed by atoms with E-state index >= 15 is 0 Å². The highest BCUT2D eigenvalue weighted by Gasteiger charge is 2.50. The first kappa shape index (κ1) is 19.2. The zero-order valence-corrected chi connectivity index (χ0v) is 16.3. The van der Waals surface area contributed by atoms with Crippen LogP contribution in [-0.4, -0.2) is 26.0 Å². The number of carbonyl (C=O) groups excluding carboxylic acids is 2. The number of urea groups is 1. The first-order valence-electron chi connectivity index (χ1n) is 7.92. The Hall–Kier alpha value is -2.58. The molecule has 0 bridgehead atoms. The number of benzene rings is 1. The van der Waals surface area contributed by atoms with Gasteiger partial charge in [0, 0.05) is 41.5 Å². The molecule has 1 aliphatic heterocycles. The van der Waals surface area contributed by atoms with Crippen LogP contribution in [0.2, 0.25) is 10.0 Å². The fourth-order valence-electron chi connectivity index (χ4n) is 3.01. The van der Waals surface area contributed by atoms with Crippen LogP contribution in [0.15, 0.2) is 33.9 Å². The molecule has 1 N–H and O–H groups in total.